The zero-order valence-corrected chi connectivity index (χ0v) is 8.93. The van der Waals surface area contributed by atoms with Crippen LogP contribution >= 0.6 is 11.8 Å². The third-order valence-electron chi connectivity index (χ3n) is 2.17. The van der Waals surface area contributed by atoms with Crippen LogP contribution in [0, 0.1) is 0 Å². The quantitative estimate of drug-likeness (QED) is 0.694. The first-order valence-corrected chi connectivity index (χ1v) is 5.70. The maximum atomic E-state index is 11.1. The number of hydrogen-bond donors (Lipinski definition) is 0. The van der Waals surface area contributed by atoms with E-state index in [0.717, 1.165) is 12.8 Å². The predicted octanol–water partition coefficient (Wildman–Crippen LogP) is 1.46. The molecule has 0 aromatic rings. The number of hydrogen-bond acceptors (Lipinski definition) is 4. The average Bonchev–Trinajstić information content (AvgIpc) is 2.53. The molecule has 0 spiro atoms. The lowest BCUT2D eigenvalue weighted by atomic mass is 10.1. The van der Waals surface area contributed by atoms with Crippen LogP contribution in [0.2, 0.25) is 0 Å². The van der Waals surface area contributed by atoms with E-state index in [4.69, 9.17) is 9.47 Å². The molecule has 2 atom stereocenters. The van der Waals surface area contributed by atoms with Gasteiger partial charge >= 0.3 is 0 Å². The summed E-state index contributed by atoms with van der Waals surface area (Å²) in [4.78, 5) is 11.1. The van der Waals surface area contributed by atoms with Crippen molar-refractivity contribution in [3.63, 3.8) is 0 Å². The summed E-state index contributed by atoms with van der Waals surface area (Å²) >= 11 is 1.28. The number of rotatable bonds is 4. The van der Waals surface area contributed by atoms with Crippen molar-refractivity contribution in [2.75, 3.05) is 20.0 Å². The van der Waals surface area contributed by atoms with Crippen LogP contribution in [0.4, 0.5) is 0 Å². The van der Waals surface area contributed by atoms with Crippen LogP contribution in [0.1, 0.15) is 19.3 Å². The molecule has 0 aliphatic carbocycles. The molecule has 1 rings (SSSR count). The van der Waals surface area contributed by atoms with E-state index < -0.39 is 0 Å². The van der Waals surface area contributed by atoms with Crippen LogP contribution in [0.3, 0.4) is 0 Å². The number of thioether (sulfide) groups is 1. The molecule has 13 heavy (non-hydrogen) atoms. The van der Waals surface area contributed by atoms with Gasteiger partial charge < -0.3 is 9.47 Å². The molecule has 1 saturated heterocycles. The lowest BCUT2D eigenvalue weighted by Gasteiger charge is -2.11. The Bertz CT molecular complexity index is 172. The smallest absolute Gasteiger partial charge is 0.191 e. The molecule has 0 saturated carbocycles. The van der Waals surface area contributed by atoms with Crippen LogP contribution in [0.25, 0.3) is 0 Å². The molecule has 2 unspecified atom stereocenters. The Morgan fingerprint density at radius 2 is 2.23 bits per heavy atom. The van der Waals surface area contributed by atoms with Gasteiger partial charge in [0.15, 0.2) is 5.12 Å². The summed E-state index contributed by atoms with van der Waals surface area (Å²) in [7, 11) is 1.67. The highest BCUT2D eigenvalue weighted by Gasteiger charge is 2.26. The second-order valence-corrected chi connectivity index (χ2v) is 4.06. The number of ether oxygens (including phenoxy) is 2. The molecule has 0 aromatic carbocycles. The molecule has 76 valence electrons. The SMILES string of the molecule is COCC1CCC(CC(=O)SC)O1. The van der Waals surface area contributed by atoms with E-state index in [0.29, 0.717) is 13.0 Å². The van der Waals surface area contributed by atoms with Gasteiger partial charge in [-0.1, -0.05) is 11.8 Å². The van der Waals surface area contributed by atoms with E-state index in [1.807, 2.05) is 6.26 Å². The van der Waals surface area contributed by atoms with Gasteiger partial charge in [-0.15, -0.1) is 0 Å². The number of carbonyl (C=O) groups is 1. The fourth-order valence-electron chi connectivity index (χ4n) is 1.51. The summed E-state index contributed by atoms with van der Waals surface area (Å²) < 4.78 is 10.6. The first-order valence-electron chi connectivity index (χ1n) is 4.47. The summed E-state index contributed by atoms with van der Waals surface area (Å²) in [5, 5.41) is 0.211. The van der Waals surface area contributed by atoms with Crippen molar-refractivity contribution in [1.29, 1.82) is 0 Å². The molecule has 0 N–H and O–H groups in total. The third kappa shape index (κ3) is 3.67. The van der Waals surface area contributed by atoms with Gasteiger partial charge in [-0.3, -0.25) is 4.79 Å². The Hall–Kier alpha value is -0.0600. The maximum absolute atomic E-state index is 11.1. The highest BCUT2D eigenvalue weighted by Crippen LogP contribution is 2.23. The molecule has 0 bridgehead atoms. The summed E-state index contributed by atoms with van der Waals surface area (Å²) in [6, 6.07) is 0. The largest absolute Gasteiger partial charge is 0.382 e. The number of methoxy groups -OCH3 is 1. The van der Waals surface area contributed by atoms with Crippen molar-refractivity contribution in [1.82, 2.24) is 0 Å². The van der Waals surface area contributed by atoms with Gasteiger partial charge in [0.05, 0.1) is 18.8 Å². The molecule has 0 aromatic heterocycles. The average molecular weight is 204 g/mol. The summed E-state index contributed by atoms with van der Waals surface area (Å²) in [6.45, 7) is 0.643. The Balaban J connectivity index is 2.20. The maximum Gasteiger partial charge on any atom is 0.191 e. The van der Waals surface area contributed by atoms with Crippen molar-refractivity contribution >= 4 is 16.9 Å². The number of carbonyl (C=O) groups excluding carboxylic acids is 1. The van der Waals surface area contributed by atoms with Gasteiger partial charge in [-0.2, -0.15) is 0 Å². The van der Waals surface area contributed by atoms with Crippen LogP contribution in [-0.2, 0) is 14.3 Å². The van der Waals surface area contributed by atoms with Crippen molar-refractivity contribution < 1.29 is 14.3 Å². The lowest BCUT2D eigenvalue weighted by Crippen LogP contribution is -2.17. The van der Waals surface area contributed by atoms with E-state index in [-0.39, 0.29) is 17.3 Å². The Morgan fingerprint density at radius 3 is 2.85 bits per heavy atom. The summed E-state index contributed by atoms with van der Waals surface area (Å²) in [5.41, 5.74) is 0. The summed E-state index contributed by atoms with van der Waals surface area (Å²) in [5.74, 6) is 0. The molecule has 1 fully saturated rings. The second-order valence-electron chi connectivity index (χ2n) is 3.19. The Kier molecular flexibility index (Phi) is 4.77. The van der Waals surface area contributed by atoms with Crippen molar-refractivity contribution in [2.24, 2.45) is 0 Å². The molecule has 0 radical (unpaired) electrons. The standard InChI is InChI=1S/C9H16O3S/c1-11-6-8-4-3-7(12-8)5-9(10)13-2/h7-8H,3-6H2,1-2H3. The molecule has 1 heterocycles. The molecule has 0 amide bonds. The van der Waals surface area contributed by atoms with Gasteiger partial charge in [0, 0.05) is 13.5 Å². The van der Waals surface area contributed by atoms with Crippen molar-refractivity contribution in [3.8, 4) is 0 Å². The molecule has 1 aliphatic heterocycles. The monoisotopic (exact) mass is 204 g/mol. The molecule has 1 aliphatic rings. The Labute approximate surface area is 83.2 Å². The molecular formula is C9H16O3S. The van der Waals surface area contributed by atoms with Gasteiger partial charge in [0.25, 0.3) is 0 Å². The highest BCUT2D eigenvalue weighted by atomic mass is 32.2. The van der Waals surface area contributed by atoms with E-state index in [1.54, 1.807) is 7.11 Å². The minimum atomic E-state index is 0.125. The van der Waals surface area contributed by atoms with Crippen LogP contribution in [0.15, 0.2) is 0 Å². The van der Waals surface area contributed by atoms with Gasteiger partial charge in [0.1, 0.15) is 0 Å². The topological polar surface area (TPSA) is 35.5 Å². The van der Waals surface area contributed by atoms with Crippen LogP contribution < -0.4 is 0 Å². The second kappa shape index (κ2) is 5.62. The normalized spacial score (nSPS) is 27.8. The fraction of sp³-hybridized carbons (Fsp3) is 0.889. The van der Waals surface area contributed by atoms with Crippen LogP contribution in [-0.4, -0.2) is 37.3 Å². The van der Waals surface area contributed by atoms with Crippen molar-refractivity contribution in [3.05, 3.63) is 0 Å². The third-order valence-corrected chi connectivity index (χ3v) is 2.79. The minimum Gasteiger partial charge on any atom is -0.382 e. The fourth-order valence-corrected chi connectivity index (χ4v) is 1.86. The minimum absolute atomic E-state index is 0.125. The van der Waals surface area contributed by atoms with E-state index >= 15 is 0 Å². The first-order chi connectivity index (χ1) is 6.26. The molecule has 4 heteroatoms. The van der Waals surface area contributed by atoms with E-state index in [2.05, 4.69) is 0 Å². The zero-order chi connectivity index (χ0) is 9.68. The summed E-state index contributed by atoms with van der Waals surface area (Å²) in [6.07, 6.45) is 4.68. The predicted molar refractivity (Wildman–Crippen MR) is 52.9 cm³/mol. The van der Waals surface area contributed by atoms with Gasteiger partial charge in [-0.05, 0) is 19.1 Å². The van der Waals surface area contributed by atoms with E-state index in [1.165, 1.54) is 11.8 Å². The highest BCUT2D eigenvalue weighted by molar-refractivity contribution is 8.13. The lowest BCUT2D eigenvalue weighted by molar-refractivity contribution is -0.113. The first kappa shape index (κ1) is 11.0. The van der Waals surface area contributed by atoms with Gasteiger partial charge in [-0.25, -0.2) is 0 Å². The Morgan fingerprint density at radius 1 is 1.54 bits per heavy atom. The zero-order valence-electron chi connectivity index (χ0n) is 8.12. The van der Waals surface area contributed by atoms with Crippen LogP contribution in [0.5, 0.6) is 0 Å². The van der Waals surface area contributed by atoms with Crippen molar-refractivity contribution in [2.45, 2.75) is 31.5 Å². The van der Waals surface area contributed by atoms with E-state index in [9.17, 15) is 4.79 Å². The molecule has 3 nitrogen and oxygen atoms in total. The molecular weight excluding hydrogens is 188 g/mol. The van der Waals surface area contributed by atoms with Gasteiger partial charge in [0.2, 0.25) is 0 Å².